The Morgan fingerprint density at radius 1 is 1.33 bits per heavy atom. The molecule has 0 aliphatic carbocycles. The first kappa shape index (κ1) is 14.9. The van der Waals surface area contributed by atoms with Crippen molar-refractivity contribution in [2.45, 2.75) is 31.8 Å². The second-order valence-corrected chi connectivity index (χ2v) is 6.74. The van der Waals surface area contributed by atoms with Crippen molar-refractivity contribution in [1.29, 1.82) is 0 Å². The number of benzene rings is 1. The number of halogens is 1. The molecule has 1 aromatic rings. The van der Waals surface area contributed by atoms with E-state index in [1.165, 1.54) is 12.5 Å². The molecule has 3 rings (SSSR count). The Kier molecular flexibility index (Phi) is 4.29. The zero-order valence-electron chi connectivity index (χ0n) is 12.8. The first-order valence-electron chi connectivity index (χ1n) is 7.91. The topological polar surface area (TPSA) is 26.7 Å². The Hall–Kier alpha value is -0.970. The molecule has 1 aromatic carbocycles. The Bertz CT molecular complexity index is 495. The van der Waals surface area contributed by atoms with Crippen LogP contribution in [0.15, 0.2) is 24.3 Å². The number of aliphatic hydroxyl groups excluding tert-OH is 1. The van der Waals surface area contributed by atoms with Crippen LogP contribution in [0.2, 0.25) is 0 Å². The smallest absolute Gasteiger partial charge is 0.123 e. The first-order chi connectivity index (χ1) is 10.1. The van der Waals surface area contributed by atoms with Crippen LogP contribution in [0.25, 0.3) is 0 Å². The molecule has 0 aromatic heterocycles. The van der Waals surface area contributed by atoms with Crippen LogP contribution in [-0.2, 0) is 6.54 Å². The van der Waals surface area contributed by atoms with Crippen molar-refractivity contribution >= 4 is 0 Å². The van der Waals surface area contributed by atoms with Crippen molar-refractivity contribution < 1.29 is 9.50 Å². The minimum absolute atomic E-state index is 0.0748. The second-order valence-electron chi connectivity index (χ2n) is 6.74. The Morgan fingerprint density at radius 3 is 2.95 bits per heavy atom. The first-order valence-corrected chi connectivity index (χ1v) is 7.91. The summed E-state index contributed by atoms with van der Waals surface area (Å²) in [6, 6.07) is 7.30. The van der Waals surface area contributed by atoms with Gasteiger partial charge in [-0.1, -0.05) is 12.1 Å². The van der Waals surface area contributed by atoms with Crippen LogP contribution in [0.5, 0.6) is 0 Å². The molecule has 1 N–H and O–H groups in total. The summed E-state index contributed by atoms with van der Waals surface area (Å²) in [4.78, 5) is 4.80. The van der Waals surface area contributed by atoms with Gasteiger partial charge in [-0.3, -0.25) is 4.90 Å². The molecule has 0 amide bonds. The third-order valence-corrected chi connectivity index (χ3v) is 5.39. The van der Waals surface area contributed by atoms with Crippen LogP contribution in [-0.4, -0.2) is 54.2 Å². The molecule has 4 heteroatoms. The summed E-state index contributed by atoms with van der Waals surface area (Å²) in [5, 5.41) is 9.91. The van der Waals surface area contributed by atoms with Gasteiger partial charge in [0.15, 0.2) is 0 Å². The van der Waals surface area contributed by atoms with Gasteiger partial charge in [-0.15, -0.1) is 0 Å². The molecular weight excluding hydrogens is 267 g/mol. The van der Waals surface area contributed by atoms with Crippen molar-refractivity contribution in [2.75, 3.05) is 33.3 Å². The maximum atomic E-state index is 13.3. The minimum atomic E-state index is -0.163. The van der Waals surface area contributed by atoms with Gasteiger partial charge in [-0.05, 0) is 57.1 Å². The number of fused-ring (bicyclic) bond motifs is 1. The fourth-order valence-corrected chi connectivity index (χ4v) is 4.11. The predicted octanol–water partition coefficient (Wildman–Crippen LogP) is 2.10. The normalized spacial score (nSPS) is 31.1. The summed E-state index contributed by atoms with van der Waals surface area (Å²) in [7, 11) is 2.17. The number of likely N-dealkylation sites (N-methyl/N-ethyl adjacent to an activating group) is 1. The molecule has 2 heterocycles. The van der Waals surface area contributed by atoms with Crippen LogP contribution < -0.4 is 0 Å². The van der Waals surface area contributed by atoms with Gasteiger partial charge in [0.2, 0.25) is 0 Å². The fourth-order valence-electron chi connectivity index (χ4n) is 4.11. The van der Waals surface area contributed by atoms with Crippen LogP contribution in [0, 0.1) is 11.2 Å². The number of hydrogen-bond donors (Lipinski definition) is 1. The van der Waals surface area contributed by atoms with E-state index in [9.17, 15) is 9.50 Å². The van der Waals surface area contributed by atoms with E-state index in [0.29, 0.717) is 6.04 Å². The Labute approximate surface area is 126 Å². The van der Waals surface area contributed by atoms with E-state index in [-0.39, 0.29) is 17.8 Å². The molecule has 0 saturated carbocycles. The van der Waals surface area contributed by atoms with Crippen molar-refractivity contribution in [3.8, 4) is 0 Å². The lowest BCUT2D eigenvalue weighted by Gasteiger charge is -2.53. The second kappa shape index (κ2) is 6.03. The van der Waals surface area contributed by atoms with E-state index in [4.69, 9.17) is 0 Å². The van der Waals surface area contributed by atoms with Crippen molar-refractivity contribution in [3.63, 3.8) is 0 Å². The molecule has 0 spiro atoms. The monoisotopic (exact) mass is 292 g/mol. The molecule has 0 radical (unpaired) electrons. The molecule has 21 heavy (non-hydrogen) atoms. The zero-order chi connectivity index (χ0) is 14.9. The Balaban J connectivity index is 1.71. The molecule has 2 saturated heterocycles. The third-order valence-electron chi connectivity index (χ3n) is 5.39. The van der Waals surface area contributed by atoms with Crippen LogP contribution in [0.4, 0.5) is 4.39 Å². The quantitative estimate of drug-likeness (QED) is 0.924. The SMILES string of the molecule is CN1CCC[C@]2(CO)CCN(Cc3cccc(F)c3)C[C@@H]12. The molecule has 0 bridgehead atoms. The lowest BCUT2D eigenvalue weighted by molar-refractivity contribution is -0.0684. The van der Waals surface area contributed by atoms with Gasteiger partial charge in [-0.2, -0.15) is 0 Å². The van der Waals surface area contributed by atoms with Crippen molar-refractivity contribution in [3.05, 3.63) is 35.6 Å². The lowest BCUT2D eigenvalue weighted by Crippen LogP contribution is -2.61. The van der Waals surface area contributed by atoms with E-state index in [2.05, 4.69) is 16.8 Å². The Morgan fingerprint density at radius 2 is 2.19 bits per heavy atom. The van der Waals surface area contributed by atoms with E-state index in [0.717, 1.165) is 44.6 Å². The lowest BCUT2D eigenvalue weighted by atomic mass is 9.69. The highest BCUT2D eigenvalue weighted by Crippen LogP contribution is 2.41. The van der Waals surface area contributed by atoms with Gasteiger partial charge in [0.05, 0.1) is 6.61 Å². The molecular formula is C17H25FN2O. The highest BCUT2D eigenvalue weighted by molar-refractivity contribution is 5.16. The summed E-state index contributed by atoms with van der Waals surface area (Å²) < 4.78 is 13.3. The molecule has 2 atom stereocenters. The van der Waals surface area contributed by atoms with Gasteiger partial charge in [-0.25, -0.2) is 4.39 Å². The molecule has 116 valence electrons. The number of aliphatic hydroxyl groups is 1. The number of piperidine rings is 2. The summed E-state index contributed by atoms with van der Waals surface area (Å²) in [5.41, 5.74) is 1.11. The van der Waals surface area contributed by atoms with Gasteiger partial charge >= 0.3 is 0 Å². The summed E-state index contributed by atoms with van der Waals surface area (Å²) in [6.45, 7) is 4.15. The summed E-state index contributed by atoms with van der Waals surface area (Å²) in [6.07, 6.45) is 3.34. The highest BCUT2D eigenvalue weighted by Gasteiger charge is 2.46. The number of nitrogens with zero attached hydrogens (tertiary/aromatic N) is 2. The molecule has 2 aliphatic rings. The standard InChI is InChI=1S/C17H25FN2O/c1-19-8-3-6-17(13-21)7-9-20(12-16(17)19)11-14-4-2-5-15(18)10-14/h2,4-5,10,16,21H,3,6-9,11-13H2,1H3/t16-,17-/m1/s1. The minimum Gasteiger partial charge on any atom is -0.396 e. The van der Waals surface area contributed by atoms with Gasteiger partial charge in [0, 0.05) is 24.5 Å². The van der Waals surface area contributed by atoms with E-state index >= 15 is 0 Å². The molecule has 2 fully saturated rings. The predicted molar refractivity (Wildman–Crippen MR) is 81.5 cm³/mol. The molecule has 0 unspecified atom stereocenters. The summed E-state index contributed by atoms with van der Waals surface area (Å²) >= 11 is 0. The fraction of sp³-hybridized carbons (Fsp3) is 0.647. The van der Waals surface area contributed by atoms with Gasteiger partial charge < -0.3 is 10.0 Å². The molecule has 3 nitrogen and oxygen atoms in total. The average Bonchev–Trinajstić information content (AvgIpc) is 2.48. The zero-order valence-corrected chi connectivity index (χ0v) is 12.8. The van der Waals surface area contributed by atoms with Crippen LogP contribution in [0.1, 0.15) is 24.8 Å². The van der Waals surface area contributed by atoms with Crippen molar-refractivity contribution in [1.82, 2.24) is 9.80 Å². The van der Waals surface area contributed by atoms with Crippen molar-refractivity contribution in [2.24, 2.45) is 5.41 Å². The number of likely N-dealkylation sites (tertiary alicyclic amines) is 2. The van der Waals surface area contributed by atoms with E-state index in [1.807, 2.05) is 6.07 Å². The van der Waals surface area contributed by atoms with Crippen LogP contribution >= 0.6 is 0 Å². The number of hydrogen-bond acceptors (Lipinski definition) is 3. The van der Waals surface area contributed by atoms with E-state index < -0.39 is 0 Å². The third kappa shape index (κ3) is 2.98. The summed E-state index contributed by atoms with van der Waals surface area (Å²) in [5.74, 6) is -0.163. The maximum Gasteiger partial charge on any atom is 0.123 e. The maximum absolute atomic E-state index is 13.3. The molecule has 2 aliphatic heterocycles. The highest BCUT2D eigenvalue weighted by atomic mass is 19.1. The van der Waals surface area contributed by atoms with Gasteiger partial charge in [0.25, 0.3) is 0 Å². The number of rotatable bonds is 3. The van der Waals surface area contributed by atoms with Crippen LogP contribution in [0.3, 0.4) is 0 Å². The van der Waals surface area contributed by atoms with Gasteiger partial charge in [0.1, 0.15) is 5.82 Å². The van der Waals surface area contributed by atoms with E-state index in [1.54, 1.807) is 12.1 Å². The average molecular weight is 292 g/mol. The largest absolute Gasteiger partial charge is 0.396 e.